The number of hydrogen-bond donors (Lipinski definition) is 1. The average molecular weight is 298 g/mol. The van der Waals surface area contributed by atoms with Crippen molar-refractivity contribution in [2.75, 3.05) is 32.1 Å². The highest BCUT2D eigenvalue weighted by molar-refractivity contribution is 6.06. The maximum atomic E-state index is 12.8. The van der Waals surface area contributed by atoms with Gasteiger partial charge in [-0.2, -0.15) is 0 Å². The van der Waals surface area contributed by atoms with Crippen molar-refractivity contribution in [3.63, 3.8) is 0 Å². The number of anilines is 1. The number of nitrogens with one attached hydrogen (secondary N) is 1. The molecular weight excluding hydrogens is 276 g/mol. The number of ether oxygens (including phenoxy) is 1. The molecule has 0 fully saturated rings. The van der Waals surface area contributed by atoms with Gasteiger partial charge in [0, 0.05) is 17.8 Å². The summed E-state index contributed by atoms with van der Waals surface area (Å²) in [5, 5.41) is 3.11. The lowest BCUT2D eigenvalue weighted by atomic mass is 10.1. The third kappa shape index (κ3) is 4.09. The molecule has 0 unspecified atom stereocenters. The maximum Gasteiger partial charge on any atom is 0.258 e. The number of methoxy groups -OCH3 is 1. The molecule has 0 bridgehead atoms. The van der Waals surface area contributed by atoms with Crippen LogP contribution in [0.3, 0.4) is 0 Å². The van der Waals surface area contributed by atoms with E-state index < -0.39 is 0 Å². The Balaban J connectivity index is 2.20. The topological polar surface area (TPSA) is 41.6 Å². The van der Waals surface area contributed by atoms with Gasteiger partial charge in [-0.25, -0.2) is 0 Å². The number of amides is 1. The van der Waals surface area contributed by atoms with Crippen molar-refractivity contribution < 1.29 is 9.53 Å². The first-order valence-electron chi connectivity index (χ1n) is 7.42. The van der Waals surface area contributed by atoms with Gasteiger partial charge in [0.05, 0.1) is 7.11 Å². The molecule has 2 aromatic rings. The monoisotopic (exact) mass is 298 g/mol. The van der Waals surface area contributed by atoms with Crippen LogP contribution < -0.4 is 15.0 Å². The molecule has 0 saturated heterocycles. The number of para-hydroxylation sites is 1. The van der Waals surface area contributed by atoms with E-state index in [1.165, 1.54) is 0 Å². The summed E-state index contributed by atoms with van der Waals surface area (Å²) in [7, 11) is 3.53. The largest absolute Gasteiger partial charge is 0.497 e. The van der Waals surface area contributed by atoms with Crippen LogP contribution in [0, 0.1) is 0 Å². The highest BCUT2D eigenvalue weighted by Gasteiger charge is 2.17. The molecule has 4 heteroatoms. The second kappa shape index (κ2) is 8.20. The van der Waals surface area contributed by atoms with Crippen molar-refractivity contribution >= 4 is 11.6 Å². The van der Waals surface area contributed by atoms with E-state index in [2.05, 4.69) is 5.32 Å². The number of hydrogen-bond acceptors (Lipinski definition) is 3. The third-order valence-electron chi connectivity index (χ3n) is 3.46. The molecule has 0 aliphatic heterocycles. The van der Waals surface area contributed by atoms with Gasteiger partial charge < -0.3 is 15.0 Å². The van der Waals surface area contributed by atoms with Crippen LogP contribution in [-0.2, 0) is 0 Å². The quantitative estimate of drug-likeness (QED) is 0.799. The standard InChI is InChI=1S/C18H22N2O2/c1-19-13-6-14-20(16-7-4-3-5-8-16)18(21)15-9-11-17(22-2)12-10-15/h3-5,7-12,19H,6,13-14H2,1-2H3. The van der Waals surface area contributed by atoms with Crippen molar-refractivity contribution in [2.24, 2.45) is 0 Å². The van der Waals surface area contributed by atoms with E-state index >= 15 is 0 Å². The highest BCUT2D eigenvalue weighted by atomic mass is 16.5. The molecule has 0 spiro atoms. The lowest BCUT2D eigenvalue weighted by molar-refractivity contribution is 0.0986. The van der Waals surface area contributed by atoms with E-state index in [4.69, 9.17) is 4.74 Å². The Morgan fingerprint density at radius 3 is 2.36 bits per heavy atom. The second-order valence-electron chi connectivity index (χ2n) is 4.98. The molecule has 116 valence electrons. The molecule has 1 amide bonds. The second-order valence-corrected chi connectivity index (χ2v) is 4.98. The van der Waals surface area contributed by atoms with Gasteiger partial charge in [-0.1, -0.05) is 18.2 Å². The summed E-state index contributed by atoms with van der Waals surface area (Å²) in [5.41, 5.74) is 1.58. The van der Waals surface area contributed by atoms with Gasteiger partial charge in [-0.3, -0.25) is 4.79 Å². The summed E-state index contributed by atoms with van der Waals surface area (Å²) in [6, 6.07) is 17.0. The summed E-state index contributed by atoms with van der Waals surface area (Å²) >= 11 is 0. The summed E-state index contributed by atoms with van der Waals surface area (Å²) in [6.45, 7) is 1.55. The molecule has 4 nitrogen and oxygen atoms in total. The fourth-order valence-corrected chi connectivity index (χ4v) is 2.26. The van der Waals surface area contributed by atoms with Gasteiger partial charge in [0.2, 0.25) is 0 Å². The fraction of sp³-hybridized carbons (Fsp3) is 0.278. The molecule has 22 heavy (non-hydrogen) atoms. The molecule has 2 aromatic carbocycles. The minimum absolute atomic E-state index is 0.00459. The van der Waals surface area contributed by atoms with E-state index in [0.717, 1.165) is 24.4 Å². The normalized spacial score (nSPS) is 10.3. The Labute approximate surface area is 131 Å². The Kier molecular flexibility index (Phi) is 5.98. The Bertz CT molecular complexity index is 582. The molecule has 1 N–H and O–H groups in total. The lowest BCUT2D eigenvalue weighted by Crippen LogP contribution is -2.33. The first-order valence-corrected chi connectivity index (χ1v) is 7.42. The molecule has 0 aliphatic rings. The molecule has 2 rings (SSSR count). The van der Waals surface area contributed by atoms with Crippen LogP contribution in [0.5, 0.6) is 5.75 Å². The molecule has 0 saturated carbocycles. The minimum Gasteiger partial charge on any atom is -0.497 e. The first kappa shape index (κ1) is 16.0. The van der Waals surface area contributed by atoms with E-state index in [9.17, 15) is 4.79 Å². The van der Waals surface area contributed by atoms with Gasteiger partial charge in [0.15, 0.2) is 0 Å². The summed E-state index contributed by atoms with van der Waals surface area (Å²) in [4.78, 5) is 14.6. The van der Waals surface area contributed by atoms with Gasteiger partial charge >= 0.3 is 0 Å². The fourth-order valence-electron chi connectivity index (χ4n) is 2.26. The summed E-state index contributed by atoms with van der Waals surface area (Å²) in [5.74, 6) is 0.753. The van der Waals surface area contributed by atoms with Gasteiger partial charge in [-0.05, 0) is 56.4 Å². The number of carbonyl (C=O) groups excluding carboxylic acids is 1. The van der Waals surface area contributed by atoms with Crippen molar-refractivity contribution in [3.8, 4) is 5.75 Å². The summed E-state index contributed by atoms with van der Waals surface area (Å²) < 4.78 is 5.14. The zero-order chi connectivity index (χ0) is 15.8. The minimum atomic E-state index is 0.00459. The van der Waals surface area contributed by atoms with Crippen LogP contribution in [0.1, 0.15) is 16.8 Å². The number of benzene rings is 2. The maximum absolute atomic E-state index is 12.8. The van der Waals surface area contributed by atoms with Crippen molar-refractivity contribution in [1.29, 1.82) is 0 Å². The van der Waals surface area contributed by atoms with Gasteiger partial charge in [0.1, 0.15) is 5.75 Å². The smallest absolute Gasteiger partial charge is 0.258 e. The highest BCUT2D eigenvalue weighted by Crippen LogP contribution is 2.19. The van der Waals surface area contributed by atoms with Crippen LogP contribution >= 0.6 is 0 Å². The predicted molar refractivity (Wildman–Crippen MR) is 89.7 cm³/mol. The van der Waals surface area contributed by atoms with E-state index in [1.807, 2.05) is 54.4 Å². The van der Waals surface area contributed by atoms with Crippen LogP contribution in [0.4, 0.5) is 5.69 Å². The van der Waals surface area contributed by atoms with Gasteiger partial charge in [0.25, 0.3) is 5.91 Å². The summed E-state index contributed by atoms with van der Waals surface area (Å²) in [6.07, 6.45) is 0.896. The first-order chi connectivity index (χ1) is 10.8. The van der Waals surface area contributed by atoms with Crippen LogP contribution in [0.25, 0.3) is 0 Å². The zero-order valence-electron chi connectivity index (χ0n) is 13.1. The van der Waals surface area contributed by atoms with Crippen molar-refractivity contribution in [3.05, 3.63) is 60.2 Å². The molecular formula is C18H22N2O2. The van der Waals surface area contributed by atoms with Crippen LogP contribution in [-0.4, -0.2) is 33.2 Å². The van der Waals surface area contributed by atoms with E-state index in [-0.39, 0.29) is 5.91 Å². The average Bonchev–Trinajstić information content (AvgIpc) is 2.59. The van der Waals surface area contributed by atoms with E-state index in [1.54, 1.807) is 19.2 Å². The number of carbonyl (C=O) groups is 1. The van der Waals surface area contributed by atoms with E-state index in [0.29, 0.717) is 12.1 Å². The van der Waals surface area contributed by atoms with Crippen molar-refractivity contribution in [1.82, 2.24) is 5.32 Å². The van der Waals surface area contributed by atoms with Crippen LogP contribution in [0.2, 0.25) is 0 Å². The molecule has 0 atom stereocenters. The molecule has 0 radical (unpaired) electrons. The number of rotatable bonds is 7. The molecule has 0 aromatic heterocycles. The van der Waals surface area contributed by atoms with Crippen molar-refractivity contribution in [2.45, 2.75) is 6.42 Å². The zero-order valence-corrected chi connectivity index (χ0v) is 13.1. The predicted octanol–water partition coefficient (Wildman–Crippen LogP) is 2.95. The van der Waals surface area contributed by atoms with Crippen LogP contribution in [0.15, 0.2) is 54.6 Å². The SMILES string of the molecule is CNCCCN(C(=O)c1ccc(OC)cc1)c1ccccc1. The lowest BCUT2D eigenvalue weighted by Gasteiger charge is -2.23. The third-order valence-corrected chi connectivity index (χ3v) is 3.46. The molecule has 0 aliphatic carbocycles. The Morgan fingerprint density at radius 2 is 1.77 bits per heavy atom. The Morgan fingerprint density at radius 1 is 1.09 bits per heavy atom. The van der Waals surface area contributed by atoms with Gasteiger partial charge in [-0.15, -0.1) is 0 Å². The number of nitrogens with zero attached hydrogens (tertiary/aromatic N) is 1. The molecule has 0 heterocycles. The Hall–Kier alpha value is -2.33.